The van der Waals surface area contributed by atoms with Crippen LogP contribution in [-0.2, 0) is 19.1 Å². The summed E-state index contributed by atoms with van der Waals surface area (Å²) in [5.74, 6) is -0.0519. The molecule has 1 fully saturated rings. The molecule has 3 aromatic rings. The Labute approximate surface area is 270 Å². The van der Waals surface area contributed by atoms with E-state index >= 15 is 0 Å². The highest BCUT2D eigenvalue weighted by atomic mass is 35.5. The van der Waals surface area contributed by atoms with Gasteiger partial charge in [-0.2, -0.15) is 0 Å². The van der Waals surface area contributed by atoms with Crippen LogP contribution in [0.3, 0.4) is 0 Å². The number of aliphatic imine (C=N–C) groups is 1. The van der Waals surface area contributed by atoms with Crippen LogP contribution in [-0.4, -0.2) is 67.0 Å². The first-order chi connectivity index (χ1) is 21.7. The maximum absolute atomic E-state index is 14.0. The van der Waals surface area contributed by atoms with Crippen molar-refractivity contribution in [2.75, 3.05) is 33.3 Å². The maximum Gasteiger partial charge on any atom is 0.338 e. The Morgan fingerprint density at radius 2 is 1.49 bits per heavy atom. The number of esters is 2. The molecule has 2 aliphatic heterocycles. The first kappa shape index (κ1) is 32.2. The van der Waals surface area contributed by atoms with Gasteiger partial charge in [0, 0.05) is 49.1 Å². The molecule has 3 aromatic carbocycles. The molecule has 3 atom stereocenters. The zero-order valence-corrected chi connectivity index (χ0v) is 26.8. The van der Waals surface area contributed by atoms with Gasteiger partial charge in [0.1, 0.15) is 5.92 Å². The summed E-state index contributed by atoms with van der Waals surface area (Å²) in [6, 6.07) is 26.4. The predicted molar refractivity (Wildman–Crippen MR) is 177 cm³/mol. The molecular formula is C37H38ClN3O4. The normalized spacial score (nSPS) is 19.9. The van der Waals surface area contributed by atoms with Crippen LogP contribution in [0.4, 0.5) is 0 Å². The van der Waals surface area contributed by atoms with Crippen LogP contribution in [0.25, 0.3) is 0 Å². The van der Waals surface area contributed by atoms with Crippen LogP contribution >= 0.6 is 11.6 Å². The third-order valence-corrected chi connectivity index (χ3v) is 9.08. The van der Waals surface area contributed by atoms with Gasteiger partial charge in [0.05, 0.1) is 23.7 Å². The van der Waals surface area contributed by atoms with Crippen molar-refractivity contribution in [3.05, 3.63) is 117 Å². The molecule has 5 rings (SSSR count). The van der Waals surface area contributed by atoms with Crippen LogP contribution in [0.15, 0.2) is 95.1 Å². The molecule has 0 aromatic heterocycles. The number of carbonyl (C=O) groups is 2. The lowest BCUT2D eigenvalue weighted by Crippen LogP contribution is -2.51. The molecular weight excluding hydrogens is 586 g/mol. The standard InChI is InChI=1S/C37H38ClN3O4/c1-6-29-30(18-13-19-31(29)38)34-32(36(42)44-5)24(2)39-25(3)33(34)37(43)45-26(4)40-20-22-41(23-21-40)35(27-14-9-7-10-15-27)28-16-11-8-12-17-28/h1,7-19,26,32,34-35H,20-23H2,2-5H3. The van der Waals surface area contributed by atoms with E-state index in [4.69, 9.17) is 27.5 Å². The van der Waals surface area contributed by atoms with E-state index in [0.717, 1.165) is 13.1 Å². The maximum atomic E-state index is 14.0. The fourth-order valence-corrected chi connectivity index (χ4v) is 6.80. The van der Waals surface area contributed by atoms with Gasteiger partial charge in [-0.15, -0.1) is 6.42 Å². The number of carbonyl (C=O) groups excluding carboxylic acids is 2. The van der Waals surface area contributed by atoms with Gasteiger partial charge in [0.25, 0.3) is 0 Å². The van der Waals surface area contributed by atoms with Gasteiger partial charge in [0.15, 0.2) is 6.23 Å². The summed E-state index contributed by atoms with van der Waals surface area (Å²) in [4.78, 5) is 36.3. The van der Waals surface area contributed by atoms with Gasteiger partial charge in [-0.25, -0.2) is 4.79 Å². The second-order valence-corrected chi connectivity index (χ2v) is 11.8. The summed E-state index contributed by atoms with van der Waals surface area (Å²) in [7, 11) is 1.32. The van der Waals surface area contributed by atoms with Gasteiger partial charge in [0.2, 0.25) is 0 Å². The number of terminal acetylenes is 1. The van der Waals surface area contributed by atoms with E-state index in [2.05, 4.69) is 69.2 Å². The van der Waals surface area contributed by atoms with Crippen LogP contribution in [0.5, 0.6) is 0 Å². The SMILES string of the molecule is C#Cc1c(Cl)cccc1C1C(C(=O)OC(C)N2CCN(C(c3ccccc3)c3ccccc3)CC2)=C(C)N=C(C)C1C(=O)OC. The Morgan fingerprint density at radius 1 is 0.911 bits per heavy atom. The monoisotopic (exact) mass is 623 g/mol. The van der Waals surface area contributed by atoms with Crippen LogP contribution < -0.4 is 0 Å². The van der Waals surface area contributed by atoms with Crippen molar-refractivity contribution in [2.45, 2.75) is 39.0 Å². The minimum absolute atomic E-state index is 0.127. The van der Waals surface area contributed by atoms with Crippen molar-refractivity contribution in [1.29, 1.82) is 0 Å². The summed E-state index contributed by atoms with van der Waals surface area (Å²) >= 11 is 6.48. The molecule has 1 saturated heterocycles. The highest BCUT2D eigenvalue weighted by Crippen LogP contribution is 2.42. The van der Waals surface area contributed by atoms with E-state index in [1.54, 1.807) is 32.0 Å². The number of nitrogens with zero attached hydrogens (tertiary/aromatic N) is 3. The zero-order chi connectivity index (χ0) is 32.1. The van der Waals surface area contributed by atoms with Crippen LogP contribution in [0.2, 0.25) is 5.02 Å². The first-order valence-electron chi connectivity index (χ1n) is 15.1. The van der Waals surface area contributed by atoms with E-state index in [1.807, 2.05) is 19.1 Å². The molecule has 3 unspecified atom stereocenters. The fraction of sp³-hybridized carbons (Fsp3) is 0.324. The molecule has 0 bridgehead atoms. The number of rotatable bonds is 8. The zero-order valence-electron chi connectivity index (χ0n) is 26.1. The van der Waals surface area contributed by atoms with Crippen molar-refractivity contribution < 1.29 is 19.1 Å². The lowest BCUT2D eigenvalue weighted by molar-refractivity contribution is -0.155. The number of halogens is 1. The molecule has 2 aliphatic rings. The summed E-state index contributed by atoms with van der Waals surface area (Å²) in [6.45, 7) is 8.39. The van der Waals surface area contributed by atoms with E-state index < -0.39 is 30.0 Å². The third kappa shape index (κ3) is 6.74. The van der Waals surface area contributed by atoms with Crippen molar-refractivity contribution in [2.24, 2.45) is 10.9 Å². The van der Waals surface area contributed by atoms with Crippen molar-refractivity contribution in [1.82, 2.24) is 9.80 Å². The number of benzene rings is 3. The molecule has 0 radical (unpaired) electrons. The highest BCUT2D eigenvalue weighted by Gasteiger charge is 2.44. The molecule has 0 spiro atoms. The lowest BCUT2D eigenvalue weighted by Gasteiger charge is -2.41. The van der Waals surface area contributed by atoms with Gasteiger partial charge in [-0.05, 0) is 43.5 Å². The van der Waals surface area contributed by atoms with Gasteiger partial charge >= 0.3 is 11.9 Å². The molecule has 0 saturated carbocycles. The average molecular weight is 624 g/mol. The van der Waals surface area contributed by atoms with Crippen molar-refractivity contribution in [3.63, 3.8) is 0 Å². The van der Waals surface area contributed by atoms with Gasteiger partial charge in [-0.1, -0.05) is 90.3 Å². The quantitative estimate of drug-likeness (QED) is 0.219. The predicted octanol–water partition coefficient (Wildman–Crippen LogP) is 6.24. The Bertz CT molecular complexity index is 1600. The smallest absolute Gasteiger partial charge is 0.338 e. The summed E-state index contributed by atoms with van der Waals surface area (Å²) in [5, 5.41) is 0.361. The minimum atomic E-state index is -0.862. The minimum Gasteiger partial charge on any atom is -0.468 e. The lowest BCUT2D eigenvalue weighted by atomic mass is 9.74. The summed E-state index contributed by atoms with van der Waals surface area (Å²) in [5.41, 5.74) is 4.75. The van der Waals surface area contributed by atoms with E-state index in [1.165, 1.54) is 18.2 Å². The third-order valence-electron chi connectivity index (χ3n) is 8.76. The van der Waals surface area contributed by atoms with E-state index in [-0.39, 0.29) is 11.6 Å². The molecule has 8 heteroatoms. The molecule has 0 aliphatic carbocycles. The topological polar surface area (TPSA) is 71.4 Å². The number of piperazine rings is 1. The second kappa shape index (κ2) is 14.3. The summed E-state index contributed by atoms with van der Waals surface area (Å²) < 4.78 is 11.3. The molecule has 232 valence electrons. The van der Waals surface area contributed by atoms with Crippen LogP contribution in [0.1, 0.15) is 55.0 Å². The van der Waals surface area contributed by atoms with E-state index in [0.29, 0.717) is 40.6 Å². The molecule has 0 N–H and O–H groups in total. The second-order valence-electron chi connectivity index (χ2n) is 11.4. The van der Waals surface area contributed by atoms with Gasteiger partial charge in [-0.3, -0.25) is 19.6 Å². The van der Waals surface area contributed by atoms with E-state index in [9.17, 15) is 9.59 Å². The number of methoxy groups -OCH3 is 1. The Hall–Kier alpha value is -4.22. The number of ether oxygens (including phenoxy) is 2. The fourth-order valence-electron chi connectivity index (χ4n) is 6.56. The first-order valence-corrected chi connectivity index (χ1v) is 15.5. The Kier molecular flexibility index (Phi) is 10.2. The van der Waals surface area contributed by atoms with Crippen LogP contribution in [0, 0.1) is 18.3 Å². The average Bonchev–Trinajstić information content (AvgIpc) is 3.05. The molecule has 2 heterocycles. The number of hydrogen-bond acceptors (Lipinski definition) is 7. The highest BCUT2D eigenvalue weighted by molar-refractivity contribution is 6.32. The molecule has 45 heavy (non-hydrogen) atoms. The van der Waals surface area contributed by atoms with Crippen molar-refractivity contribution in [3.8, 4) is 12.3 Å². The van der Waals surface area contributed by atoms with Gasteiger partial charge < -0.3 is 9.47 Å². The molecule has 7 nitrogen and oxygen atoms in total. The Balaban J connectivity index is 1.37. The Morgan fingerprint density at radius 3 is 2.04 bits per heavy atom. The number of hydrogen-bond donors (Lipinski definition) is 0. The summed E-state index contributed by atoms with van der Waals surface area (Å²) in [6.07, 6.45) is 5.35. The largest absolute Gasteiger partial charge is 0.468 e. The number of allylic oxidation sites excluding steroid dienone is 1. The van der Waals surface area contributed by atoms with Crippen molar-refractivity contribution >= 4 is 29.3 Å². The molecule has 0 amide bonds.